The second-order valence-corrected chi connectivity index (χ2v) is 5.70. The number of rotatable bonds is 7. The zero-order valence-corrected chi connectivity index (χ0v) is 11.2. The summed E-state index contributed by atoms with van der Waals surface area (Å²) in [5, 5.41) is 3.63. The standard InChI is InChI=1S/C16H23NO/c1-2-9-18-15-7-3-12(4-8-15)16-10-13(16)11-17-14-5-6-14/h3-4,7-8,13-14,16-17H,2,5-6,9-11H2,1H3. The Hall–Kier alpha value is -1.02. The minimum atomic E-state index is 0.788. The molecule has 0 amide bonds. The lowest BCUT2D eigenvalue weighted by Crippen LogP contribution is -2.19. The summed E-state index contributed by atoms with van der Waals surface area (Å²) < 4.78 is 5.61. The molecule has 0 heterocycles. The average molecular weight is 245 g/mol. The molecule has 2 saturated carbocycles. The van der Waals surface area contributed by atoms with Crippen molar-refractivity contribution in [3.8, 4) is 5.75 Å². The summed E-state index contributed by atoms with van der Waals surface area (Å²) in [5.41, 5.74) is 1.49. The molecule has 0 spiro atoms. The normalized spacial score (nSPS) is 26.1. The van der Waals surface area contributed by atoms with Crippen molar-refractivity contribution in [2.24, 2.45) is 5.92 Å². The Kier molecular flexibility index (Phi) is 3.55. The summed E-state index contributed by atoms with van der Waals surface area (Å²) in [5.74, 6) is 2.67. The second-order valence-electron chi connectivity index (χ2n) is 5.70. The van der Waals surface area contributed by atoms with Gasteiger partial charge in [-0.1, -0.05) is 19.1 Å². The summed E-state index contributed by atoms with van der Waals surface area (Å²) >= 11 is 0. The first kappa shape index (κ1) is 12.0. The summed E-state index contributed by atoms with van der Waals surface area (Å²) in [6.07, 6.45) is 5.20. The number of ether oxygens (including phenoxy) is 1. The average Bonchev–Trinajstić information content (AvgIpc) is 3.27. The van der Waals surface area contributed by atoms with Crippen LogP contribution < -0.4 is 10.1 Å². The van der Waals surface area contributed by atoms with E-state index in [1.807, 2.05) is 0 Å². The Morgan fingerprint density at radius 2 is 2.00 bits per heavy atom. The number of benzene rings is 1. The molecule has 18 heavy (non-hydrogen) atoms. The highest BCUT2D eigenvalue weighted by Crippen LogP contribution is 2.47. The molecule has 2 aliphatic rings. The maximum Gasteiger partial charge on any atom is 0.119 e. The fourth-order valence-electron chi connectivity index (χ4n) is 2.52. The highest BCUT2D eigenvalue weighted by molar-refractivity contribution is 5.32. The largest absolute Gasteiger partial charge is 0.494 e. The van der Waals surface area contributed by atoms with Gasteiger partial charge in [-0.15, -0.1) is 0 Å². The first-order valence-electron chi connectivity index (χ1n) is 7.33. The van der Waals surface area contributed by atoms with E-state index in [0.29, 0.717) is 0 Å². The number of hydrogen-bond donors (Lipinski definition) is 1. The fraction of sp³-hybridized carbons (Fsp3) is 0.625. The van der Waals surface area contributed by atoms with Crippen LogP contribution in [0.2, 0.25) is 0 Å². The van der Waals surface area contributed by atoms with Crippen molar-refractivity contribution in [3.05, 3.63) is 29.8 Å². The van der Waals surface area contributed by atoms with Gasteiger partial charge in [0.05, 0.1) is 6.61 Å². The van der Waals surface area contributed by atoms with Gasteiger partial charge in [0, 0.05) is 6.04 Å². The van der Waals surface area contributed by atoms with E-state index in [1.54, 1.807) is 0 Å². The smallest absolute Gasteiger partial charge is 0.119 e. The van der Waals surface area contributed by atoms with Crippen molar-refractivity contribution in [1.29, 1.82) is 0 Å². The van der Waals surface area contributed by atoms with E-state index in [0.717, 1.165) is 36.7 Å². The molecule has 0 aromatic heterocycles. The predicted molar refractivity (Wildman–Crippen MR) is 74.1 cm³/mol. The Bertz CT molecular complexity index is 383. The van der Waals surface area contributed by atoms with Crippen molar-refractivity contribution in [3.63, 3.8) is 0 Å². The number of hydrogen-bond acceptors (Lipinski definition) is 2. The molecule has 1 N–H and O–H groups in total. The molecule has 0 saturated heterocycles. The van der Waals surface area contributed by atoms with Gasteiger partial charge < -0.3 is 10.1 Å². The van der Waals surface area contributed by atoms with E-state index >= 15 is 0 Å². The van der Waals surface area contributed by atoms with E-state index in [4.69, 9.17) is 4.74 Å². The van der Waals surface area contributed by atoms with Crippen molar-refractivity contribution in [2.45, 2.75) is 44.6 Å². The SMILES string of the molecule is CCCOc1ccc(C2CC2CNC2CC2)cc1. The molecule has 1 aromatic rings. The molecule has 3 rings (SSSR count). The summed E-state index contributed by atoms with van der Waals surface area (Å²) in [6, 6.07) is 9.57. The monoisotopic (exact) mass is 245 g/mol. The molecule has 0 radical (unpaired) electrons. The summed E-state index contributed by atoms with van der Waals surface area (Å²) in [6.45, 7) is 4.16. The molecule has 2 fully saturated rings. The van der Waals surface area contributed by atoms with Crippen molar-refractivity contribution >= 4 is 0 Å². The molecule has 0 aliphatic heterocycles. The van der Waals surface area contributed by atoms with E-state index in [1.165, 1.54) is 31.4 Å². The van der Waals surface area contributed by atoms with E-state index in [2.05, 4.69) is 36.5 Å². The third-order valence-electron chi connectivity index (χ3n) is 3.95. The van der Waals surface area contributed by atoms with Gasteiger partial charge in [-0.05, 0) is 61.8 Å². The predicted octanol–water partition coefficient (Wildman–Crippen LogP) is 3.33. The second kappa shape index (κ2) is 5.31. The lowest BCUT2D eigenvalue weighted by molar-refractivity contribution is 0.317. The molecule has 2 unspecified atom stereocenters. The molecule has 98 valence electrons. The highest BCUT2D eigenvalue weighted by atomic mass is 16.5. The van der Waals surface area contributed by atoms with Crippen LogP contribution in [0.25, 0.3) is 0 Å². The molecule has 2 aliphatic carbocycles. The van der Waals surface area contributed by atoms with Gasteiger partial charge in [0.1, 0.15) is 5.75 Å². The zero-order valence-electron chi connectivity index (χ0n) is 11.2. The van der Waals surface area contributed by atoms with Crippen LogP contribution in [0.5, 0.6) is 5.75 Å². The van der Waals surface area contributed by atoms with Crippen LogP contribution in [0, 0.1) is 5.92 Å². The Labute approximate surface area is 110 Å². The Morgan fingerprint density at radius 3 is 2.67 bits per heavy atom. The van der Waals surface area contributed by atoms with Crippen molar-refractivity contribution < 1.29 is 4.74 Å². The lowest BCUT2D eigenvalue weighted by Gasteiger charge is -2.06. The molecule has 2 nitrogen and oxygen atoms in total. The van der Waals surface area contributed by atoms with Crippen LogP contribution in [0.3, 0.4) is 0 Å². The van der Waals surface area contributed by atoms with Gasteiger partial charge in [-0.25, -0.2) is 0 Å². The first-order chi connectivity index (χ1) is 8.86. The van der Waals surface area contributed by atoms with Crippen LogP contribution in [-0.2, 0) is 0 Å². The quantitative estimate of drug-likeness (QED) is 0.795. The van der Waals surface area contributed by atoms with E-state index in [9.17, 15) is 0 Å². The third-order valence-corrected chi connectivity index (χ3v) is 3.95. The molecule has 2 heteroatoms. The highest BCUT2D eigenvalue weighted by Gasteiger charge is 2.38. The lowest BCUT2D eigenvalue weighted by atomic mass is 10.1. The third kappa shape index (κ3) is 3.05. The number of nitrogens with one attached hydrogen (secondary N) is 1. The maximum atomic E-state index is 5.61. The molecular weight excluding hydrogens is 222 g/mol. The van der Waals surface area contributed by atoms with E-state index in [-0.39, 0.29) is 0 Å². The van der Waals surface area contributed by atoms with Crippen LogP contribution in [0.1, 0.15) is 44.1 Å². The molecule has 1 aromatic carbocycles. The van der Waals surface area contributed by atoms with Gasteiger partial charge >= 0.3 is 0 Å². The van der Waals surface area contributed by atoms with Gasteiger partial charge in [-0.2, -0.15) is 0 Å². The Balaban J connectivity index is 1.47. The van der Waals surface area contributed by atoms with Gasteiger partial charge in [0.2, 0.25) is 0 Å². The molecule has 2 atom stereocenters. The van der Waals surface area contributed by atoms with Gasteiger partial charge in [-0.3, -0.25) is 0 Å². The molecule has 0 bridgehead atoms. The van der Waals surface area contributed by atoms with Gasteiger partial charge in [0.15, 0.2) is 0 Å². The van der Waals surface area contributed by atoms with Crippen LogP contribution in [0.15, 0.2) is 24.3 Å². The minimum Gasteiger partial charge on any atom is -0.494 e. The van der Waals surface area contributed by atoms with E-state index < -0.39 is 0 Å². The van der Waals surface area contributed by atoms with Crippen LogP contribution >= 0.6 is 0 Å². The maximum absolute atomic E-state index is 5.61. The first-order valence-corrected chi connectivity index (χ1v) is 7.33. The zero-order chi connectivity index (χ0) is 12.4. The Morgan fingerprint density at radius 1 is 1.22 bits per heavy atom. The fourth-order valence-corrected chi connectivity index (χ4v) is 2.52. The van der Waals surface area contributed by atoms with Crippen LogP contribution in [0.4, 0.5) is 0 Å². The van der Waals surface area contributed by atoms with Crippen molar-refractivity contribution in [2.75, 3.05) is 13.2 Å². The molecular formula is C16H23NO. The van der Waals surface area contributed by atoms with Gasteiger partial charge in [0.25, 0.3) is 0 Å². The minimum absolute atomic E-state index is 0.788. The topological polar surface area (TPSA) is 21.3 Å². The summed E-state index contributed by atoms with van der Waals surface area (Å²) in [7, 11) is 0. The summed E-state index contributed by atoms with van der Waals surface area (Å²) in [4.78, 5) is 0. The van der Waals surface area contributed by atoms with Crippen LogP contribution in [-0.4, -0.2) is 19.2 Å². The van der Waals surface area contributed by atoms with Crippen molar-refractivity contribution in [1.82, 2.24) is 5.32 Å².